The summed E-state index contributed by atoms with van der Waals surface area (Å²) in [6, 6.07) is 12.1. The second kappa shape index (κ2) is 7.81. The molecule has 0 radical (unpaired) electrons. The third kappa shape index (κ3) is 4.58. The minimum atomic E-state index is -0.584. The summed E-state index contributed by atoms with van der Waals surface area (Å²) in [5.74, 6) is -1.30. The second-order valence-electron chi connectivity index (χ2n) is 5.11. The van der Waals surface area contributed by atoms with Gasteiger partial charge in [-0.1, -0.05) is 18.2 Å². The minimum absolute atomic E-state index is 0.0120. The Labute approximate surface area is 147 Å². The van der Waals surface area contributed by atoms with E-state index in [1.165, 1.54) is 41.7 Å². The van der Waals surface area contributed by atoms with Gasteiger partial charge in [-0.2, -0.15) is 0 Å². The number of carbonyl (C=O) groups excluding carboxylic acids is 1. The van der Waals surface area contributed by atoms with E-state index in [1.54, 1.807) is 35.7 Å². The van der Waals surface area contributed by atoms with Crippen molar-refractivity contribution in [2.24, 2.45) is 0 Å². The highest BCUT2D eigenvalue weighted by Crippen LogP contribution is 2.24. The van der Waals surface area contributed by atoms with E-state index in [2.05, 4.69) is 4.98 Å². The second-order valence-corrected chi connectivity index (χ2v) is 5.97. The standard InChI is InChI=1S/C19H13F2NO2S/c20-15-8-5-14(6-9-15)19-22-16(12-25-19)11-24-18(23)10-7-13-3-1-2-4-17(13)21/h1-10,12H,11H2. The van der Waals surface area contributed by atoms with E-state index < -0.39 is 11.8 Å². The fraction of sp³-hybridized carbons (Fsp3) is 0.0526. The van der Waals surface area contributed by atoms with Gasteiger partial charge in [-0.15, -0.1) is 11.3 Å². The first-order chi connectivity index (χ1) is 12.1. The van der Waals surface area contributed by atoms with Crippen molar-refractivity contribution in [3.8, 4) is 10.6 Å². The lowest BCUT2D eigenvalue weighted by Gasteiger charge is -1.99. The number of thiazole rings is 1. The number of aromatic nitrogens is 1. The number of benzene rings is 2. The molecule has 0 saturated heterocycles. The van der Waals surface area contributed by atoms with Gasteiger partial charge >= 0.3 is 5.97 Å². The molecule has 3 aromatic rings. The van der Waals surface area contributed by atoms with Crippen LogP contribution in [0.4, 0.5) is 8.78 Å². The molecule has 1 aromatic heterocycles. The average molecular weight is 357 g/mol. The Hall–Kier alpha value is -2.86. The highest BCUT2D eigenvalue weighted by molar-refractivity contribution is 7.13. The number of hydrogen-bond donors (Lipinski definition) is 0. The number of esters is 1. The quantitative estimate of drug-likeness (QED) is 0.484. The van der Waals surface area contributed by atoms with Crippen molar-refractivity contribution in [3.63, 3.8) is 0 Å². The zero-order valence-electron chi connectivity index (χ0n) is 13.0. The maximum Gasteiger partial charge on any atom is 0.331 e. The van der Waals surface area contributed by atoms with E-state index in [9.17, 15) is 13.6 Å². The number of ether oxygens (including phenoxy) is 1. The Morgan fingerprint density at radius 3 is 2.64 bits per heavy atom. The lowest BCUT2D eigenvalue weighted by molar-refractivity contribution is -0.139. The Bertz CT molecular complexity index is 904. The first-order valence-corrected chi connectivity index (χ1v) is 8.29. The molecule has 0 fully saturated rings. The molecular formula is C19H13F2NO2S. The molecule has 1 heterocycles. The van der Waals surface area contributed by atoms with Crippen molar-refractivity contribution in [1.29, 1.82) is 0 Å². The summed E-state index contributed by atoms with van der Waals surface area (Å²) in [4.78, 5) is 16.1. The van der Waals surface area contributed by atoms with Crippen LogP contribution in [0.2, 0.25) is 0 Å². The summed E-state index contributed by atoms with van der Waals surface area (Å²) >= 11 is 1.38. The molecule has 0 amide bonds. The Balaban J connectivity index is 1.58. The molecule has 0 aliphatic carbocycles. The van der Waals surface area contributed by atoms with Gasteiger partial charge in [-0.3, -0.25) is 0 Å². The summed E-state index contributed by atoms with van der Waals surface area (Å²) in [6.45, 7) is 0.0120. The molecule has 0 atom stereocenters. The molecule has 0 bridgehead atoms. The van der Waals surface area contributed by atoms with Gasteiger partial charge < -0.3 is 4.74 Å². The molecule has 3 rings (SSSR count). The number of carbonyl (C=O) groups is 1. The summed E-state index contributed by atoms with van der Waals surface area (Å²) < 4.78 is 31.5. The van der Waals surface area contributed by atoms with Crippen LogP contribution in [0.1, 0.15) is 11.3 Å². The molecule has 3 nitrogen and oxygen atoms in total. The minimum Gasteiger partial charge on any atom is -0.456 e. The first kappa shape index (κ1) is 17.0. The van der Waals surface area contributed by atoms with Crippen molar-refractivity contribution in [1.82, 2.24) is 4.98 Å². The largest absolute Gasteiger partial charge is 0.456 e. The smallest absolute Gasteiger partial charge is 0.331 e. The number of halogens is 2. The highest BCUT2D eigenvalue weighted by atomic mass is 32.1. The van der Waals surface area contributed by atoms with Gasteiger partial charge in [0, 0.05) is 22.6 Å². The lowest BCUT2D eigenvalue weighted by atomic mass is 10.2. The van der Waals surface area contributed by atoms with Crippen LogP contribution in [0.3, 0.4) is 0 Å². The Morgan fingerprint density at radius 1 is 1.12 bits per heavy atom. The molecule has 0 spiro atoms. The topological polar surface area (TPSA) is 39.2 Å². The molecule has 0 saturated carbocycles. The van der Waals surface area contributed by atoms with E-state index >= 15 is 0 Å². The van der Waals surface area contributed by atoms with Crippen LogP contribution in [0.25, 0.3) is 16.6 Å². The molecule has 6 heteroatoms. The maximum atomic E-state index is 13.4. The van der Waals surface area contributed by atoms with Crippen molar-refractivity contribution in [2.75, 3.05) is 0 Å². The molecule has 0 aliphatic rings. The highest BCUT2D eigenvalue weighted by Gasteiger charge is 2.07. The van der Waals surface area contributed by atoms with Crippen LogP contribution >= 0.6 is 11.3 Å². The predicted molar refractivity (Wildman–Crippen MR) is 92.7 cm³/mol. The van der Waals surface area contributed by atoms with Gasteiger partial charge in [0.1, 0.15) is 23.2 Å². The van der Waals surface area contributed by atoms with E-state index in [0.29, 0.717) is 16.3 Å². The summed E-state index contributed by atoms with van der Waals surface area (Å²) in [7, 11) is 0. The number of hydrogen-bond acceptors (Lipinski definition) is 4. The molecule has 2 aromatic carbocycles. The summed E-state index contributed by atoms with van der Waals surface area (Å²) in [5.41, 5.74) is 1.70. The third-order valence-corrected chi connectivity index (χ3v) is 4.25. The normalized spacial score (nSPS) is 11.0. The molecule has 126 valence electrons. The Morgan fingerprint density at radius 2 is 1.88 bits per heavy atom. The third-order valence-electron chi connectivity index (χ3n) is 3.31. The van der Waals surface area contributed by atoms with E-state index in [4.69, 9.17) is 4.74 Å². The zero-order chi connectivity index (χ0) is 17.6. The van der Waals surface area contributed by atoms with Crippen molar-refractivity contribution in [2.45, 2.75) is 6.61 Å². The number of rotatable bonds is 5. The molecule has 0 unspecified atom stereocenters. The van der Waals surface area contributed by atoms with Crippen LogP contribution in [0.5, 0.6) is 0 Å². The van der Waals surface area contributed by atoms with Crippen molar-refractivity contribution in [3.05, 3.63) is 82.9 Å². The van der Waals surface area contributed by atoms with E-state index in [1.807, 2.05) is 0 Å². The predicted octanol–water partition coefficient (Wildman–Crippen LogP) is 4.84. The Kier molecular flexibility index (Phi) is 5.30. The fourth-order valence-electron chi connectivity index (χ4n) is 2.06. The SMILES string of the molecule is O=C(C=Cc1ccccc1F)OCc1csc(-c2ccc(F)cc2)n1. The van der Waals surface area contributed by atoms with Crippen LogP contribution in [-0.4, -0.2) is 11.0 Å². The van der Waals surface area contributed by atoms with Crippen molar-refractivity contribution < 1.29 is 18.3 Å². The van der Waals surface area contributed by atoms with Crippen LogP contribution in [0.15, 0.2) is 60.0 Å². The average Bonchev–Trinajstić information content (AvgIpc) is 3.09. The summed E-state index contributed by atoms with van der Waals surface area (Å²) in [5, 5.41) is 2.49. The van der Waals surface area contributed by atoms with E-state index in [0.717, 1.165) is 5.56 Å². The van der Waals surface area contributed by atoms with E-state index in [-0.39, 0.29) is 12.4 Å². The van der Waals surface area contributed by atoms with Crippen LogP contribution in [-0.2, 0) is 16.1 Å². The molecular weight excluding hydrogens is 344 g/mol. The lowest BCUT2D eigenvalue weighted by Crippen LogP contribution is -2.01. The van der Waals surface area contributed by atoms with Crippen LogP contribution in [0, 0.1) is 11.6 Å². The zero-order valence-corrected chi connectivity index (χ0v) is 13.8. The summed E-state index contributed by atoms with van der Waals surface area (Å²) in [6.07, 6.45) is 2.54. The number of nitrogens with zero attached hydrogens (tertiary/aromatic N) is 1. The first-order valence-electron chi connectivity index (χ1n) is 7.41. The van der Waals surface area contributed by atoms with Gasteiger partial charge in [0.2, 0.25) is 0 Å². The van der Waals surface area contributed by atoms with Gasteiger partial charge in [-0.05, 0) is 36.4 Å². The molecule has 0 N–H and O–H groups in total. The van der Waals surface area contributed by atoms with Gasteiger partial charge in [-0.25, -0.2) is 18.6 Å². The van der Waals surface area contributed by atoms with Gasteiger partial charge in [0.05, 0.1) is 5.69 Å². The van der Waals surface area contributed by atoms with Crippen molar-refractivity contribution >= 4 is 23.4 Å². The monoisotopic (exact) mass is 357 g/mol. The molecule has 0 aliphatic heterocycles. The molecule has 25 heavy (non-hydrogen) atoms. The van der Waals surface area contributed by atoms with Crippen LogP contribution < -0.4 is 0 Å². The fourth-order valence-corrected chi connectivity index (χ4v) is 2.87. The van der Waals surface area contributed by atoms with Gasteiger partial charge in [0.25, 0.3) is 0 Å². The maximum absolute atomic E-state index is 13.4. The van der Waals surface area contributed by atoms with Gasteiger partial charge in [0.15, 0.2) is 0 Å².